The zero-order chi connectivity index (χ0) is 14.7. The minimum absolute atomic E-state index is 0.237. The summed E-state index contributed by atoms with van der Waals surface area (Å²) in [5.41, 5.74) is 1.08. The monoisotopic (exact) mass is 303 g/mol. The van der Waals surface area contributed by atoms with E-state index in [0.29, 0.717) is 41.0 Å². The summed E-state index contributed by atoms with van der Waals surface area (Å²) in [6.45, 7) is 1.21. The first-order chi connectivity index (χ1) is 10.2. The minimum Gasteiger partial charge on any atom is -0.490 e. The lowest BCUT2D eigenvalue weighted by Crippen LogP contribution is -2.12. The Bertz CT molecular complexity index is 672. The average Bonchev–Trinajstić information content (AvgIpc) is 2.74. The van der Waals surface area contributed by atoms with Gasteiger partial charge >= 0.3 is 0 Å². The second-order valence-corrected chi connectivity index (χ2v) is 5.05. The first-order valence-electron chi connectivity index (χ1n) is 6.69. The fourth-order valence-corrected chi connectivity index (χ4v) is 2.24. The van der Waals surface area contributed by atoms with Crippen molar-refractivity contribution in [2.24, 2.45) is 0 Å². The van der Waals surface area contributed by atoms with Crippen molar-refractivity contribution in [3.05, 3.63) is 53.1 Å². The zero-order valence-electron chi connectivity index (χ0n) is 11.3. The van der Waals surface area contributed by atoms with Crippen molar-refractivity contribution in [1.82, 2.24) is 0 Å². The van der Waals surface area contributed by atoms with Gasteiger partial charge in [-0.3, -0.25) is 4.79 Å². The molecule has 1 heterocycles. The minimum atomic E-state index is -0.237. The molecule has 4 nitrogen and oxygen atoms in total. The van der Waals surface area contributed by atoms with Crippen LogP contribution in [0.15, 0.2) is 42.5 Å². The topological polar surface area (TPSA) is 47.6 Å². The maximum atomic E-state index is 12.3. The molecule has 0 spiro atoms. The van der Waals surface area contributed by atoms with Crippen molar-refractivity contribution in [2.75, 3.05) is 18.5 Å². The van der Waals surface area contributed by atoms with Gasteiger partial charge in [-0.05, 0) is 30.3 Å². The molecule has 0 radical (unpaired) electrons. The SMILES string of the molecule is O=C(Nc1ccccc1Cl)c1ccc2c(c1)OCCCO2. The Balaban J connectivity index is 1.82. The van der Waals surface area contributed by atoms with Gasteiger partial charge in [-0.25, -0.2) is 0 Å². The number of hydrogen-bond acceptors (Lipinski definition) is 3. The van der Waals surface area contributed by atoms with Crippen LogP contribution in [0.1, 0.15) is 16.8 Å². The lowest BCUT2D eigenvalue weighted by atomic mass is 10.2. The predicted molar refractivity (Wildman–Crippen MR) is 81.5 cm³/mol. The first-order valence-corrected chi connectivity index (χ1v) is 7.07. The number of anilines is 1. The van der Waals surface area contributed by atoms with Gasteiger partial charge in [-0.15, -0.1) is 0 Å². The van der Waals surface area contributed by atoms with Gasteiger partial charge in [0.15, 0.2) is 11.5 Å². The summed E-state index contributed by atoms with van der Waals surface area (Å²) >= 11 is 6.03. The molecule has 1 aliphatic rings. The number of hydrogen-bond donors (Lipinski definition) is 1. The highest BCUT2D eigenvalue weighted by molar-refractivity contribution is 6.33. The number of nitrogens with one attached hydrogen (secondary N) is 1. The van der Waals surface area contributed by atoms with Gasteiger partial charge in [-0.2, -0.15) is 0 Å². The molecule has 0 unspecified atom stereocenters. The molecule has 0 bridgehead atoms. The van der Waals surface area contributed by atoms with Crippen molar-refractivity contribution in [3.8, 4) is 11.5 Å². The highest BCUT2D eigenvalue weighted by Gasteiger charge is 2.14. The molecular formula is C16H14ClNO3. The third-order valence-corrected chi connectivity index (χ3v) is 3.46. The van der Waals surface area contributed by atoms with Crippen LogP contribution in [-0.4, -0.2) is 19.1 Å². The van der Waals surface area contributed by atoms with E-state index in [1.165, 1.54) is 0 Å². The van der Waals surface area contributed by atoms with Crippen molar-refractivity contribution in [1.29, 1.82) is 0 Å². The van der Waals surface area contributed by atoms with Gasteiger partial charge in [0, 0.05) is 12.0 Å². The number of rotatable bonds is 2. The van der Waals surface area contributed by atoms with Gasteiger partial charge in [0.05, 0.1) is 23.9 Å². The van der Waals surface area contributed by atoms with Crippen LogP contribution in [0.5, 0.6) is 11.5 Å². The maximum absolute atomic E-state index is 12.3. The summed E-state index contributed by atoms with van der Waals surface area (Å²) in [5, 5.41) is 3.28. The second-order valence-electron chi connectivity index (χ2n) is 4.65. The molecule has 0 fully saturated rings. The zero-order valence-corrected chi connectivity index (χ0v) is 12.0. The standard InChI is InChI=1S/C16H14ClNO3/c17-12-4-1-2-5-13(12)18-16(19)11-6-7-14-15(10-11)21-9-3-8-20-14/h1-2,4-7,10H,3,8-9H2,(H,18,19). The van der Waals surface area contributed by atoms with Crippen LogP contribution in [0.4, 0.5) is 5.69 Å². The molecule has 1 amide bonds. The molecule has 2 aromatic carbocycles. The molecule has 3 rings (SSSR count). The Hall–Kier alpha value is -2.20. The van der Waals surface area contributed by atoms with Gasteiger partial charge < -0.3 is 14.8 Å². The fraction of sp³-hybridized carbons (Fsp3) is 0.188. The quantitative estimate of drug-likeness (QED) is 0.919. The van der Waals surface area contributed by atoms with Crippen LogP contribution in [0, 0.1) is 0 Å². The molecule has 2 aromatic rings. The number of fused-ring (bicyclic) bond motifs is 1. The third kappa shape index (κ3) is 3.11. The lowest BCUT2D eigenvalue weighted by Gasteiger charge is -2.10. The molecule has 0 saturated heterocycles. The van der Waals surface area contributed by atoms with E-state index in [2.05, 4.69) is 5.32 Å². The molecule has 1 aliphatic heterocycles. The van der Waals surface area contributed by atoms with Gasteiger partial charge in [0.25, 0.3) is 5.91 Å². The fourth-order valence-electron chi connectivity index (χ4n) is 2.06. The largest absolute Gasteiger partial charge is 0.490 e. The van der Waals surface area contributed by atoms with E-state index in [1.54, 1.807) is 30.3 Å². The number of carbonyl (C=O) groups excluding carboxylic acids is 1. The van der Waals surface area contributed by atoms with Crippen molar-refractivity contribution in [3.63, 3.8) is 0 Å². The highest BCUT2D eigenvalue weighted by Crippen LogP contribution is 2.31. The van der Waals surface area contributed by atoms with Crippen LogP contribution in [-0.2, 0) is 0 Å². The van der Waals surface area contributed by atoms with Crippen molar-refractivity contribution < 1.29 is 14.3 Å². The van der Waals surface area contributed by atoms with E-state index < -0.39 is 0 Å². The van der Waals surface area contributed by atoms with Gasteiger partial charge in [0.1, 0.15) is 0 Å². The molecule has 108 valence electrons. The van der Waals surface area contributed by atoms with E-state index in [0.717, 1.165) is 6.42 Å². The molecule has 0 aromatic heterocycles. The maximum Gasteiger partial charge on any atom is 0.255 e. The number of carbonyl (C=O) groups is 1. The second kappa shape index (κ2) is 6.06. The number of benzene rings is 2. The Labute approximate surface area is 127 Å². The number of halogens is 1. The van der Waals surface area contributed by atoms with E-state index in [4.69, 9.17) is 21.1 Å². The van der Waals surface area contributed by atoms with E-state index in [1.807, 2.05) is 12.1 Å². The van der Waals surface area contributed by atoms with Crippen molar-refractivity contribution >= 4 is 23.2 Å². The Morgan fingerprint density at radius 1 is 1.05 bits per heavy atom. The van der Waals surface area contributed by atoms with E-state index in [9.17, 15) is 4.79 Å². The molecule has 5 heteroatoms. The lowest BCUT2D eigenvalue weighted by molar-refractivity contribution is 0.102. The highest BCUT2D eigenvalue weighted by atomic mass is 35.5. The summed E-state index contributed by atoms with van der Waals surface area (Å²) in [7, 11) is 0. The van der Waals surface area contributed by atoms with E-state index in [-0.39, 0.29) is 5.91 Å². The molecule has 0 aliphatic carbocycles. The molecule has 1 N–H and O–H groups in total. The predicted octanol–water partition coefficient (Wildman–Crippen LogP) is 3.75. The van der Waals surface area contributed by atoms with Crippen LogP contribution < -0.4 is 14.8 Å². The molecule has 0 saturated carbocycles. The van der Waals surface area contributed by atoms with E-state index >= 15 is 0 Å². The molecular weight excluding hydrogens is 290 g/mol. The van der Waals surface area contributed by atoms with Crippen molar-refractivity contribution in [2.45, 2.75) is 6.42 Å². The molecule has 0 atom stereocenters. The van der Waals surface area contributed by atoms with Gasteiger partial charge in [0.2, 0.25) is 0 Å². The summed E-state index contributed by atoms with van der Waals surface area (Å²) in [6.07, 6.45) is 0.829. The smallest absolute Gasteiger partial charge is 0.255 e. The first kappa shape index (κ1) is 13.8. The summed E-state index contributed by atoms with van der Waals surface area (Å²) in [4.78, 5) is 12.3. The summed E-state index contributed by atoms with van der Waals surface area (Å²) in [6, 6.07) is 12.3. The number of amides is 1. The summed E-state index contributed by atoms with van der Waals surface area (Å²) < 4.78 is 11.1. The number of ether oxygens (including phenoxy) is 2. The Morgan fingerprint density at radius 3 is 2.62 bits per heavy atom. The van der Waals surface area contributed by atoms with Crippen LogP contribution >= 0.6 is 11.6 Å². The van der Waals surface area contributed by atoms with Crippen LogP contribution in [0.25, 0.3) is 0 Å². The average molecular weight is 304 g/mol. The van der Waals surface area contributed by atoms with Crippen LogP contribution in [0.3, 0.4) is 0 Å². The molecule has 21 heavy (non-hydrogen) atoms. The van der Waals surface area contributed by atoms with Gasteiger partial charge in [-0.1, -0.05) is 23.7 Å². The number of para-hydroxylation sites is 1. The normalized spacial score (nSPS) is 13.4. The van der Waals surface area contributed by atoms with Crippen LogP contribution in [0.2, 0.25) is 5.02 Å². The third-order valence-electron chi connectivity index (χ3n) is 3.13. The Morgan fingerprint density at radius 2 is 1.81 bits per heavy atom. The Kier molecular flexibility index (Phi) is 3.97. The summed E-state index contributed by atoms with van der Waals surface area (Å²) in [5.74, 6) is 1.03.